The van der Waals surface area contributed by atoms with Crippen LogP contribution >= 0.6 is 0 Å². The van der Waals surface area contributed by atoms with Gasteiger partial charge < -0.3 is 9.47 Å². The number of ether oxygens (including phenoxy) is 2. The molecule has 1 aliphatic rings. The fraction of sp³-hybridized carbons (Fsp3) is 0.296. The largest absolute Gasteiger partial charge is 0.497 e. The molecule has 4 rings (SSSR count). The van der Waals surface area contributed by atoms with Gasteiger partial charge in [0.15, 0.2) is 0 Å². The normalized spacial score (nSPS) is 14.1. The minimum Gasteiger partial charge on any atom is -0.497 e. The molecule has 3 aromatic carbocycles. The van der Waals surface area contributed by atoms with E-state index in [9.17, 15) is 4.79 Å². The van der Waals surface area contributed by atoms with Crippen molar-refractivity contribution in [1.29, 1.82) is 0 Å². The molecule has 1 N–H and O–H groups in total. The number of carbonyl (C=O) groups is 1. The first-order chi connectivity index (χ1) is 15.1. The zero-order chi connectivity index (χ0) is 21.6. The smallest absolute Gasteiger partial charge is 0.417 e. The number of benzene rings is 3. The van der Waals surface area contributed by atoms with Crippen molar-refractivity contribution < 1.29 is 14.3 Å². The van der Waals surface area contributed by atoms with Crippen molar-refractivity contribution in [1.82, 2.24) is 0 Å². The van der Waals surface area contributed by atoms with Crippen LogP contribution in [-0.4, -0.2) is 13.2 Å². The highest BCUT2D eigenvalue weighted by Gasteiger charge is 2.16. The first-order valence-electron chi connectivity index (χ1n) is 11.0. The number of anilines is 1. The minimum atomic E-state index is -0.486. The molecule has 4 nitrogen and oxygen atoms in total. The molecule has 0 bridgehead atoms. The molecular weight excluding hydrogens is 386 g/mol. The molecule has 1 fully saturated rings. The average molecular weight is 416 g/mol. The van der Waals surface area contributed by atoms with Gasteiger partial charge in [0.25, 0.3) is 0 Å². The lowest BCUT2D eigenvalue weighted by atomic mass is 9.84. The van der Waals surface area contributed by atoms with Crippen LogP contribution in [0.1, 0.15) is 49.1 Å². The second kappa shape index (κ2) is 9.69. The van der Waals surface area contributed by atoms with E-state index in [1.54, 1.807) is 7.11 Å². The van der Waals surface area contributed by atoms with Gasteiger partial charge in [0.05, 0.1) is 7.11 Å². The molecule has 160 valence electrons. The Morgan fingerprint density at radius 3 is 2.29 bits per heavy atom. The molecule has 0 spiro atoms. The number of methoxy groups -OCH3 is 1. The molecule has 1 saturated carbocycles. The van der Waals surface area contributed by atoms with E-state index in [1.807, 2.05) is 61.5 Å². The fourth-order valence-corrected chi connectivity index (χ4v) is 4.33. The summed E-state index contributed by atoms with van der Waals surface area (Å²) in [5.74, 6) is 2.01. The molecule has 3 aromatic rings. The van der Waals surface area contributed by atoms with Gasteiger partial charge in [-0.25, -0.2) is 4.79 Å². The van der Waals surface area contributed by atoms with E-state index in [4.69, 9.17) is 9.47 Å². The monoisotopic (exact) mass is 415 g/mol. The van der Waals surface area contributed by atoms with Crippen LogP contribution in [0.4, 0.5) is 10.5 Å². The lowest BCUT2D eigenvalue weighted by Gasteiger charge is -2.22. The van der Waals surface area contributed by atoms with Crippen LogP contribution in [0, 0.1) is 6.92 Å². The zero-order valence-corrected chi connectivity index (χ0v) is 18.2. The zero-order valence-electron chi connectivity index (χ0n) is 18.2. The van der Waals surface area contributed by atoms with Gasteiger partial charge in [-0.2, -0.15) is 0 Å². The fourth-order valence-electron chi connectivity index (χ4n) is 4.33. The van der Waals surface area contributed by atoms with Gasteiger partial charge >= 0.3 is 6.09 Å². The quantitative estimate of drug-likeness (QED) is 0.474. The van der Waals surface area contributed by atoms with Gasteiger partial charge in [0, 0.05) is 5.69 Å². The Balaban J connectivity index is 1.42. The van der Waals surface area contributed by atoms with Crippen LogP contribution in [-0.2, 0) is 0 Å². The number of hydrogen-bond acceptors (Lipinski definition) is 3. The van der Waals surface area contributed by atoms with Crippen LogP contribution in [0.5, 0.6) is 11.5 Å². The highest BCUT2D eigenvalue weighted by molar-refractivity contribution is 5.87. The maximum absolute atomic E-state index is 12.5. The van der Waals surface area contributed by atoms with Gasteiger partial charge in [0.2, 0.25) is 0 Å². The molecule has 0 atom stereocenters. The summed E-state index contributed by atoms with van der Waals surface area (Å²) in [6.07, 6.45) is 6.01. The Labute approximate surface area is 184 Å². The third-order valence-corrected chi connectivity index (χ3v) is 6.12. The van der Waals surface area contributed by atoms with Gasteiger partial charge in [-0.15, -0.1) is 0 Å². The third-order valence-electron chi connectivity index (χ3n) is 6.12. The molecule has 0 heterocycles. The predicted molar refractivity (Wildman–Crippen MR) is 125 cm³/mol. The maximum atomic E-state index is 12.5. The Bertz CT molecular complexity index is 1020. The van der Waals surface area contributed by atoms with Crippen molar-refractivity contribution in [3.05, 3.63) is 77.9 Å². The van der Waals surface area contributed by atoms with E-state index in [1.165, 1.54) is 37.7 Å². The summed E-state index contributed by atoms with van der Waals surface area (Å²) in [7, 11) is 1.65. The number of carbonyl (C=O) groups excluding carboxylic acids is 1. The summed E-state index contributed by atoms with van der Waals surface area (Å²) >= 11 is 0. The summed E-state index contributed by atoms with van der Waals surface area (Å²) in [4.78, 5) is 12.5. The van der Waals surface area contributed by atoms with Gasteiger partial charge in [0.1, 0.15) is 11.5 Å². The first kappa shape index (κ1) is 21.0. The summed E-state index contributed by atoms with van der Waals surface area (Å²) in [6.45, 7) is 1.96. The Morgan fingerprint density at radius 2 is 1.61 bits per heavy atom. The molecule has 1 amide bonds. The topological polar surface area (TPSA) is 47.6 Å². The minimum absolute atomic E-state index is 0.486. The van der Waals surface area contributed by atoms with Crippen molar-refractivity contribution in [3.63, 3.8) is 0 Å². The molecule has 0 radical (unpaired) electrons. The van der Waals surface area contributed by atoms with Gasteiger partial charge in [-0.3, -0.25) is 5.32 Å². The SMILES string of the molecule is COc1ccc(-c2cccc(OC(=O)Nc3ccc(C4CCCCC4)cc3)c2C)cc1. The van der Waals surface area contributed by atoms with E-state index in [0.717, 1.165) is 28.1 Å². The average Bonchev–Trinajstić information content (AvgIpc) is 2.81. The van der Waals surface area contributed by atoms with Crippen molar-refractivity contribution in [3.8, 4) is 22.6 Å². The van der Waals surface area contributed by atoms with Crippen LogP contribution in [0.25, 0.3) is 11.1 Å². The van der Waals surface area contributed by atoms with Crippen molar-refractivity contribution in [2.45, 2.75) is 44.9 Å². The van der Waals surface area contributed by atoms with Crippen molar-refractivity contribution in [2.75, 3.05) is 12.4 Å². The van der Waals surface area contributed by atoms with Crippen LogP contribution in [0.2, 0.25) is 0 Å². The maximum Gasteiger partial charge on any atom is 0.417 e. The van der Waals surface area contributed by atoms with E-state index in [0.29, 0.717) is 11.7 Å². The third kappa shape index (κ3) is 5.08. The second-order valence-electron chi connectivity index (χ2n) is 8.13. The van der Waals surface area contributed by atoms with Crippen molar-refractivity contribution >= 4 is 11.8 Å². The van der Waals surface area contributed by atoms with E-state index in [-0.39, 0.29) is 0 Å². The summed E-state index contributed by atoms with van der Waals surface area (Å²) in [5.41, 5.74) is 5.08. The number of rotatable bonds is 5. The summed E-state index contributed by atoms with van der Waals surface area (Å²) < 4.78 is 10.9. The van der Waals surface area contributed by atoms with Gasteiger partial charge in [-0.1, -0.05) is 55.7 Å². The molecule has 0 aliphatic heterocycles. The molecule has 31 heavy (non-hydrogen) atoms. The Kier molecular flexibility index (Phi) is 6.56. The number of amides is 1. The lowest BCUT2D eigenvalue weighted by Crippen LogP contribution is -2.17. The first-order valence-corrected chi connectivity index (χ1v) is 11.0. The predicted octanol–water partition coefficient (Wildman–Crippen LogP) is 7.33. The molecule has 0 saturated heterocycles. The Hall–Kier alpha value is -3.27. The second-order valence-corrected chi connectivity index (χ2v) is 8.13. The standard InChI is InChI=1S/C27H29NO3/c1-19-25(22-13-17-24(30-2)18-14-22)9-6-10-26(19)31-27(29)28-23-15-11-21(12-16-23)20-7-4-3-5-8-20/h6,9-18,20H,3-5,7-8H2,1-2H3,(H,28,29). The molecule has 1 aliphatic carbocycles. The van der Waals surface area contributed by atoms with Crippen LogP contribution < -0.4 is 14.8 Å². The van der Waals surface area contributed by atoms with Crippen LogP contribution in [0.15, 0.2) is 66.7 Å². The van der Waals surface area contributed by atoms with E-state index >= 15 is 0 Å². The highest BCUT2D eigenvalue weighted by Crippen LogP contribution is 2.33. The van der Waals surface area contributed by atoms with E-state index in [2.05, 4.69) is 17.4 Å². The Morgan fingerprint density at radius 1 is 0.903 bits per heavy atom. The molecular formula is C27H29NO3. The molecule has 4 heteroatoms. The van der Waals surface area contributed by atoms with Crippen molar-refractivity contribution in [2.24, 2.45) is 0 Å². The molecule has 0 aromatic heterocycles. The highest BCUT2D eigenvalue weighted by atomic mass is 16.6. The van der Waals surface area contributed by atoms with E-state index < -0.39 is 6.09 Å². The number of hydrogen-bond donors (Lipinski definition) is 1. The van der Waals surface area contributed by atoms with Crippen LogP contribution in [0.3, 0.4) is 0 Å². The number of nitrogens with one attached hydrogen (secondary N) is 1. The molecule has 0 unspecified atom stereocenters. The summed E-state index contributed by atoms with van der Waals surface area (Å²) in [6, 6.07) is 21.8. The summed E-state index contributed by atoms with van der Waals surface area (Å²) in [5, 5.41) is 2.84. The lowest BCUT2D eigenvalue weighted by molar-refractivity contribution is 0.215. The van der Waals surface area contributed by atoms with Gasteiger partial charge in [-0.05, 0) is 78.3 Å².